The maximum absolute atomic E-state index is 12.1. The minimum atomic E-state index is -3.21. The average molecular weight is 309 g/mol. The molecule has 118 valence electrons. The molecule has 2 rings (SSSR count). The van der Waals surface area contributed by atoms with E-state index >= 15 is 0 Å². The minimum Gasteiger partial charge on any atom is -0.215 e. The highest BCUT2D eigenvalue weighted by Gasteiger charge is 2.15. The summed E-state index contributed by atoms with van der Waals surface area (Å²) in [6, 6.07) is 7.70. The van der Waals surface area contributed by atoms with Gasteiger partial charge in [0.15, 0.2) is 0 Å². The van der Waals surface area contributed by atoms with E-state index in [1.165, 1.54) is 38.5 Å². The number of benzene rings is 1. The molecule has 1 saturated carbocycles. The van der Waals surface area contributed by atoms with E-state index in [1.54, 1.807) is 0 Å². The molecule has 0 saturated heterocycles. The van der Waals surface area contributed by atoms with Gasteiger partial charge in [-0.15, -0.1) is 0 Å². The van der Waals surface area contributed by atoms with Gasteiger partial charge in [-0.3, -0.25) is 0 Å². The molecule has 0 bridgehead atoms. The summed E-state index contributed by atoms with van der Waals surface area (Å²) < 4.78 is 27.0. The Kier molecular flexibility index (Phi) is 6.24. The number of hydrogen-bond acceptors (Lipinski definition) is 2. The summed E-state index contributed by atoms with van der Waals surface area (Å²) in [5.41, 5.74) is 1.96. The molecule has 0 unspecified atom stereocenters. The van der Waals surface area contributed by atoms with Crippen molar-refractivity contribution in [2.75, 3.05) is 6.54 Å². The zero-order valence-corrected chi connectivity index (χ0v) is 13.8. The smallest absolute Gasteiger partial charge is 0.215 e. The van der Waals surface area contributed by atoms with Crippen molar-refractivity contribution in [2.24, 2.45) is 5.92 Å². The maximum Gasteiger partial charge on any atom is 0.215 e. The van der Waals surface area contributed by atoms with Gasteiger partial charge in [0.1, 0.15) is 0 Å². The van der Waals surface area contributed by atoms with Gasteiger partial charge in [0.2, 0.25) is 10.0 Å². The molecule has 1 aromatic rings. The Morgan fingerprint density at radius 3 is 2.52 bits per heavy atom. The number of rotatable bonds is 6. The van der Waals surface area contributed by atoms with Crippen LogP contribution >= 0.6 is 0 Å². The Morgan fingerprint density at radius 1 is 1.14 bits per heavy atom. The molecule has 1 aliphatic rings. The van der Waals surface area contributed by atoms with Gasteiger partial charge in [-0.05, 0) is 24.8 Å². The topological polar surface area (TPSA) is 46.2 Å². The highest BCUT2D eigenvalue weighted by Crippen LogP contribution is 2.25. The predicted octanol–water partition coefficient (Wildman–Crippen LogP) is 3.77. The molecule has 1 fully saturated rings. The van der Waals surface area contributed by atoms with Crippen molar-refractivity contribution in [3.05, 3.63) is 35.4 Å². The van der Waals surface area contributed by atoms with Gasteiger partial charge in [-0.25, -0.2) is 13.1 Å². The zero-order valence-electron chi connectivity index (χ0n) is 13.0. The Bertz CT molecular complexity index is 531. The third-order valence-corrected chi connectivity index (χ3v) is 5.65. The number of sulfonamides is 1. The van der Waals surface area contributed by atoms with E-state index in [0.717, 1.165) is 17.5 Å². The number of hydrogen-bond donors (Lipinski definition) is 1. The van der Waals surface area contributed by atoms with Gasteiger partial charge in [0.25, 0.3) is 0 Å². The van der Waals surface area contributed by atoms with Crippen LogP contribution < -0.4 is 4.72 Å². The van der Waals surface area contributed by atoms with Crippen molar-refractivity contribution in [1.82, 2.24) is 4.72 Å². The van der Waals surface area contributed by atoms with Crippen molar-refractivity contribution in [2.45, 2.75) is 57.6 Å². The van der Waals surface area contributed by atoms with Gasteiger partial charge in [0.05, 0.1) is 5.75 Å². The van der Waals surface area contributed by atoms with Gasteiger partial charge in [0, 0.05) is 6.54 Å². The minimum absolute atomic E-state index is 0.0827. The van der Waals surface area contributed by atoms with Crippen molar-refractivity contribution in [3.8, 4) is 0 Å². The molecule has 1 aromatic carbocycles. The molecule has 0 heterocycles. The zero-order chi connectivity index (χ0) is 15.1. The van der Waals surface area contributed by atoms with Gasteiger partial charge in [-0.1, -0.05) is 68.4 Å². The summed E-state index contributed by atoms with van der Waals surface area (Å²) in [6.45, 7) is 2.56. The monoisotopic (exact) mass is 309 g/mol. The van der Waals surface area contributed by atoms with Crippen LogP contribution in [0, 0.1) is 12.8 Å². The van der Waals surface area contributed by atoms with Gasteiger partial charge in [-0.2, -0.15) is 0 Å². The summed E-state index contributed by atoms with van der Waals surface area (Å²) in [5.74, 6) is 0.786. The van der Waals surface area contributed by atoms with E-state index in [2.05, 4.69) is 4.72 Å². The van der Waals surface area contributed by atoms with E-state index in [4.69, 9.17) is 0 Å². The van der Waals surface area contributed by atoms with Crippen LogP contribution in [0.3, 0.4) is 0 Å². The normalized spacial score (nSPS) is 17.6. The Morgan fingerprint density at radius 2 is 1.86 bits per heavy atom. The Hall–Kier alpha value is -0.870. The SMILES string of the molecule is Cc1cccc(CS(=O)(=O)NCCC2CCCCCC2)c1. The fourth-order valence-electron chi connectivity index (χ4n) is 3.14. The standard InChI is InChI=1S/C17H27NO2S/c1-15-7-6-10-17(13-15)14-21(19,20)18-12-11-16-8-4-2-3-5-9-16/h6-7,10,13,16,18H,2-5,8-9,11-12,14H2,1H3. The van der Waals surface area contributed by atoms with Crippen molar-refractivity contribution < 1.29 is 8.42 Å². The summed E-state index contributed by atoms with van der Waals surface area (Å²) in [7, 11) is -3.21. The van der Waals surface area contributed by atoms with E-state index in [0.29, 0.717) is 12.5 Å². The van der Waals surface area contributed by atoms with Crippen LogP contribution in [0.15, 0.2) is 24.3 Å². The molecule has 3 nitrogen and oxygen atoms in total. The lowest BCUT2D eigenvalue weighted by Gasteiger charge is -2.14. The van der Waals surface area contributed by atoms with Crippen LogP contribution in [0.2, 0.25) is 0 Å². The fourth-order valence-corrected chi connectivity index (χ4v) is 4.29. The van der Waals surface area contributed by atoms with Crippen molar-refractivity contribution in [1.29, 1.82) is 0 Å². The second-order valence-electron chi connectivity index (χ2n) is 6.29. The third-order valence-electron chi connectivity index (χ3n) is 4.29. The fraction of sp³-hybridized carbons (Fsp3) is 0.647. The van der Waals surface area contributed by atoms with Gasteiger partial charge < -0.3 is 0 Å². The second kappa shape index (κ2) is 7.95. The predicted molar refractivity (Wildman–Crippen MR) is 87.6 cm³/mol. The molecule has 1 aliphatic carbocycles. The van der Waals surface area contributed by atoms with Gasteiger partial charge >= 0.3 is 0 Å². The van der Waals surface area contributed by atoms with Crippen LogP contribution in [0.1, 0.15) is 56.1 Å². The molecule has 0 spiro atoms. The molecule has 0 amide bonds. The summed E-state index contributed by atoms with van der Waals surface area (Å²) in [6.07, 6.45) is 8.80. The van der Waals surface area contributed by atoms with Crippen LogP contribution in [-0.4, -0.2) is 15.0 Å². The van der Waals surface area contributed by atoms with Crippen molar-refractivity contribution >= 4 is 10.0 Å². The highest BCUT2D eigenvalue weighted by atomic mass is 32.2. The van der Waals surface area contributed by atoms with Crippen LogP contribution in [0.5, 0.6) is 0 Å². The Labute approximate surface area is 129 Å². The lowest BCUT2D eigenvalue weighted by Crippen LogP contribution is -2.27. The quantitative estimate of drug-likeness (QED) is 0.813. The molecule has 0 radical (unpaired) electrons. The lowest BCUT2D eigenvalue weighted by molar-refractivity contribution is 0.427. The summed E-state index contributed by atoms with van der Waals surface area (Å²) in [4.78, 5) is 0. The van der Waals surface area contributed by atoms with E-state index in [-0.39, 0.29) is 5.75 Å². The summed E-state index contributed by atoms with van der Waals surface area (Å²) in [5, 5.41) is 0. The molecule has 4 heteroatoms. The molecular weight excluding hydrogens is 282 g/mol. The Balaban J connectivity index is 1.78. The first-order chi connectivity index (χ1) is 10.1. The van der Waals surface area contributed by atoms with Crippen LogP contribution in [0.25, 0.3) is 0 Å². The first kappa shape index (κ1) is 16.5. The molecule has 1 N–H and O–H groups in total. The van der Waals surface area contributed by atoms with E-state index in [9.17, 15) is 8.42 Å². The molecule has 0 aliphatic heterocycles. The molecule has 0 atom stereocenters. The third kappa shape index (κ3) is 6.18. The number of aryl methyl sites for hydroxylation is 1. The van der Waals surface area contributed by atoms with Crippen LogP contribution in [0.4, 0.5) is 0 Å². The van der Waals surface area contributed by atoms with Crippen LogP contribution in [-0.2, 0) is 15.8 Å². The van der Waals surface area contributed by atoms with E-state index in [1.807, 2.05) is 31.2 Å². The molecule has 21 heavy (non-hydrogen) atoms. The van der Waals surface area contributed by atoms with E-state index < -0.39 is 10.0 Å². The highest BCUT2D eigenvalue weighted by molar-refractivity contribution is 7.88. The second-order valence-corrected chi connectivity index (χ2v) is 8.10. The molecule has 0 aromatic heterocycles. The summed E-state index contributed by atoms with van der Waals surface area (Å²) >= 11 is 0. The first-order valence-corrected chi connectivity index (χ1v) is 9.73. The largest absolute Gasteiger partial charge is 0.215 e. The molecular formula is C17H27NO2S. The van der Waals surface area contributed by atoms with Crippen molar-refractivity contribution in [3.63, 3.8) is 0 Å². The first-order valence-electron chi connectivity index (χ1n) is 8.08. The lowest BCUT2D eigenvalue weighted by atomic mass is 9.97. The number of nitrogens with one attached hydrogen (secondary N) is 1. The average Bonchev–Trinajstić information content (AvgIpc) is 2.66. The maximum atomic E-state index is 12.1.